The van der Waals surface area contributed by atoms with Crippen molar-refractivity contribution in [3.05, 3.63) is 29.3 Å². The number of carboxylic acids is 1. The van der Waals surface area contributed by atoms with Gasteiger partial charge in [0.1, 0.15) is 5.54 Å². The van der Waals surface area contributed by atoms with Crippen LogP contribution in [-0.2, 0) is 4.79 Å². The molecule has 1 unspecified atom stereocenters. The van der Waals surface area contributed by atoms with Gasteiger partial charge in [-0.2, -0.15) is 11.8 Å². The predicted molar refractivity (Wildman–Crippen MR) is 72.0 cm³/mol. The van der Waals surface area contributed by atoms with Crippen LogP contribution in [0.2, 0.25) is 5.02 Å². The molecule has 2 N–H and O–H groups in total. The lowest BCUT2D eigenvalue weighted by atomic mass is 9.95. The van der Waals surface area contributed by atoms with Crippen molar-refractivity contribution in [3.63, 3.8) is 0 Å². The number of aliphatic carboxylic acids is 1. The van der Waals surface area contributed by atoms with Gasteiger partial charge in [-0.05, 0) is 36.8 Å². The van der Waals surface area contributed by atoms with Gasteiger partial charge in [-0.25, -0.2) is 4.79 Å². The number of benzene rings is 1. The monoisotopic (exact) mass is 271 g/mol. The Morgan fingerprint density at radius 1 is 1.53 bits per heavy atom. The minimum atomic E-state index is -0.854. The molecule has 1 saturated heterocycles. The summed E-state index contributed by atoms with van der Waals surface area (Å²) in [6, 6.07) is 7.19. The standard InChI is InChI=1S/C12H14ClNO2S/c13-9-3-1-4-10(7-9)14-12(11(15)16)5-2-6-17-8-12/h1,3-4,7,14H,2,5-6,8H2,(H,15,16). The van der Waals surface area contributed by atoms with Crippen molar-refractivity contribution in [1.29, 1.82) is 0 Å². The van der Waals surface area contributed by atoms with Gasteiger partial charge in [0.05, 0.1) is 0 Å². The summed E-state index contributed by atoms with van der Waals surface area (Å²) in [5.74, 6) is 0.839. The Labute approximate surface area is 110 Å². The predicted octanol–water partition coefficient (Wildman–Crippen LogP) is 3.10. The molecule has 0 aliphatic carbocycles. The van der Waals surface area contributed by atoms with Crippen LogP contribution in [0.5, 0.6) is 0 Å². The van der Waals surface area contributed by atoms with E-state index in [1.807, 2.05) is 12.1 Å². The normalized spacial score (nSPS) is 24.3. The van der Waals surface area contributed by atoms with Crippen molar-refractivity contribution >= 4 is 35.0 Å². The van der Waals surface area contributed by atoms with E-state index < -0.39 is 11.5 Å². The number of hydrogen-bond acceptors (Lipinski definition) is 3. The summed E-state index contributed by atoms with van der Waals surface area (Å²) in [6.45, 7) is 0. The Kier molecular flexibility index (Phi) is 3.84. The second-order valence-electron chi connectivity index (χ2n) is 4.18. The molecule has 92 valence electrons. The number of anilines is 1. The van der Waals surface area contributed by atoms with Crippen LogP contribution in [0.4, 0.5) is 5.69 Å². The molecule has 5 heteroatoms. The molecule has 0 radical (unpaired) electrons. The highest BCUT2D eigenvalue weighted by Gasteiger charge is 2.40. The number of halogens is 1. The van der Waals surface area contributed by atoms with Gasteiger partial charge in [0.25, 0.3) is 0 Å². The lowest BCUT2D eigenvalue weighted by molar-refractivity contribution is -0.141. The van der Waals surface area contributed by atoms with Crippen molar-refractivity contribution < 1.29 is 9.90 Å². The van der Waals surface area contributed by atoms with Gasteiger partial charge in [-0.15, -0.1) is 0 Å². The zero-order valence-corrected chi connectivity index (χ0v) is 10.9. The number of thioether (sulfide) groups is 1. The van der Waals surface area contributed by atoms with Crippen molar-refractivity contribution in [2.75, 3.05) is 16.8 Å². The minimum Gasteiger partial charge on any atom is -0.479 e. The molecule has 3 nitrogen and oxygen atoms in total. The molecule has 1 aromatic carbocycles. The van der Waals surface area contributed by atoms with Crippen LogP contribution < -0.4 is 5.32 Å². The summed E-state index contributed by atoms with van der Waals surface area (Å²) in [4.78, 5) is 11.5. The molecule has 0 spiro atoms. The summed E-state index contributed by atoms with van der Waals surface area (Å²) in [5.41, 5.74) is -0.0875. The number of hydrogen-bond donors (Lipinski definition) is 2. The maximum absolute atomic E-state index is 11.5. The lowest BCUT2D eigenvalue weighted by Crippen LogP contribution is -2.50. The van der Waals surface area contributed by atoms with Gasteiger partial charge in [-0.1, -0.05) is 17.7 Å². The maximum atomic E-state index is 11.5. The molecule has 1 fully saturated rings. The smallest absolute Gasteiger partial charge is 0.330 e. The van der Waals surface area contributed by atoms with Crippen molar-refractivity contribution in [2.45, 2.75) is 18.4 Å². The third-order valence-corrected chi connectivity index (χ3v) is 4.37. The van der Waals surface area contributed by atoms with E-state index in [4.69, 9.17) is 11.6 Å². The number of rotatable bonds is 3. The third-order valence-electron chi connectivity index (χ3n) is 2.86. The Morgan fingerprint density at radius 2 is 2.35 bits per heavy atom. The third kappa shape index (κ3) is 2.87. The molecule has 0 bridgehead atoms. The maximum Gasteiger partial charge on any atom is 0.330 e. The van der Waals surface area contributed by atoms with Crippen molar-refractivity contribution in [2.24, 2.45) is 0 Å². The van der Waals surface area contributed by atoms with Crippen molar-refractivity contribution in [3.8, 4) is 0 Å². The summed E-state index contributed by atoms with van der Waals surface area (Å²) < 4.78 is 0. The number of carboxylic acid groups (broad SMARTS) is 1. The molecular formula is C12H14ClNO2S. The first-order chi connectivity index (χ1) is 8.12. The fourth-order valence-corrected chi connectivity index (χ4v) is 3.33. The quantitative estimate of drug-likeness (QED) is 0.887. The first-order valence-electron chi connectivity index (χ1n) is 5.47. The Morgan fingerprint density at radius 3 is 2.94 bits per heavy atom. The molecule has 1 aliphatic rings. The molecule has 2 rings (SSSR count). The minimum absolute atomic E-state index is 0.592. The number of nitrogens with one attached hydrogen (secondary N) is 1. The molecule has 0 aromatic heterocycles. The highest BCUT2D eigenvalue weighted by molar-refractivity contribution is 7.99. The van der Waals surface area contributed by atoms with Crippen LogP contribution in [0.1, 0.15) is 12.8 Å². The van der Waals surface area contributed by atoms with E-state index in [0.717, 1.165) is 17.9 Å². The molecule has 1 aliphatic heterocycles. The largest absolute Gasteiger partial charge is 0.479 e. The second-order valence-corrected chi connectivity index (χ2v) is 5.72. The average molecular weight is 272 g/mol. The van der Waals surface area contributed by atoms with E-state index in [9.17, 15) is 9.90 Å². The first kappa shape index (κ1) is 12.6. The lowest BCUT2D eigenvalue weighted by Gasteiger charge is -2.34. The molecular weight excluding hydrogens is 258 g/mol. The van der Waals surface area contributed by atoms with Crippen LogP contribution in [0.15, 0.2) is 24.3 Å². The van der Waals surface area contributed by atoms with Gasteiger partial charge in [-0.3, -0.25) is 0 Å². The summed E-state index contributed by atoms with van der Waals surface area (Å²) in [6.07, 6.45) is 1.58. The van der Waals surface area contributed by atoms with Gasteiger partial charge < -0.3 is 10.4 Å². The Hall–Kier alpha value is -0.870. The topological polar surface area (TPSA) is 49.3 Å². The van der Waals surface area contributed by atoms with Crippen LogP contribution in [0, 0.1) is 0 Å². The van der Waals surface area contributed by atoms with E-state index >= 15 is 0 Å². The molecule has 1 atom stereocenters. The Bertz CT molecular complexity index is 419. The van der Waals surface area contributed by atoms with Crippen LogP contribution >= 0.6 is 23.4 Å². The molecule has 1 heterocycles. The fourth-order valence-electron chi connectivity index (χ4n) is 1.96. The van der Waals surface area contributed by atoms with E-state index in [-0.39, 0.29) is 0 Å². The van der Waals surface area contributed by atoms with Crippen LogP contribution in [-0.4, -0.2) is 28.1 Å². The highest BCUT2D eigenvalue weighted by atomic mass is 35.5. The summed E-state index contributed by atoms with van der Waals surface area (Å²) in [7, 11) is 0. The van der Waals surface area contributed by atoms with Gasteiger partial charge in [0, 0.05) is 16.5 Å². The molecule has 0 amide bonds. The zero-order chi connectivity index (χ0) is 12.3. The van der Waals surface area contributed by atoms with Gasteiger partial charge in [0.15, 0.2) is 0 Å². The van der Waals surface area contributed by atoms with Crippen molar-refractivity contribution in [1.82, 2.24) is 0 Å². The SMILES string of the molecule is O=C(O)C1(Nc2cccc(Cl)c2)CCCSC1. The Balaban J connectivity index is 2.20. The molecule has 1 aromatic rings. The first-order valence-corrected chi connectivity index (χ1v) is 7.01. The van der Waals surface area contributed by atoms with E-state index in [1.54, 1.807) is 23.9 Å². The molecule has 17 heavy (non-hydrogen) atoms. The van der Waals surface area contributed by atoms with Gasteiger partial charge >= 0.3 is 5.97 Å². The zero-order valence-electron chi connectivity index (χ0n) is 9.28. The van der Waals surface area contributed by atoms with E-state index in [1.165, 1.54) is 0 Å². The second kappa shape index (κ2) is 5.19. The fraction of sp³-hybridized carbons (Fsp3) is 0.417. The summed E-state index contributed by atoms with van der Waals surface area (Å²) >= 11 is 7.57. The molecule has 0 saturated carbocycles. The highest BCUT2D eigenvalue weighted by Crippen LogP contribution is 2.31. The van der Waals surface area contributed by atoms with E-state index in [2.05, 4.69) is 5.32 Å². The van der Waals surface area contributed by atoms with Crippen LogP contribution in [0.3, 0.4) is 0 Å². The van der Waals surface area contributed by atoms with Crippen LogP contribution in [0.25, 0.3) is 0 Å². The van der Waals surface area contributed by atoms with Gasteiger partial charge in [0.2, 0.25) is 0 Å². The number of carbonyl (C=O) groups is 1. The average Bonchev–Trinajstić information content (AvgIpc) is 2.30. The summed E-state index contributed by atoms with van der Waals surface area (Å²) in [5, 5.41) is 13.2. The van der Waals surface area contributed by atoms with E-state index in [0.29, 0.717) is 17.2 Å².